The van der Waals surface area contributed by atoms with Crippen molar-refractivity contribution in [1.29, 1.82) is 0 Å². The van der Waals surface area contributed by atoms with E-state index in [2.05, 4.69) is 10.1 Å². The van der Waals surface area contributed by atoms with Crippen LogP contribution in [0.2, 0.25) is 5.02 Å². The van der Waals surface area contributed by atoms with E-state index in [0.717, 1.165) is 11.3 Å². The fourth-order valence-electron chi connectivity index (χ4n) is 2.62. The Hall–Kier alpha value is -2.92. The Balaban J connectivity index is 1.66. The average molecular weight is 337 g/mol. The van der Waals surface area contributed by atoms with E-state index in [-0.39, 0.29) is 5.56 Å². The molecule has 0 aliphatic heterocycles. The van der Waals surface area contributed by atoms with Crippen LogP contribution >= 0.6 is 11.6 Å². The Morgan fingerprint density at radius 1 is 1.08 bits per heavy atom. The van der Waals surface area contributed by atoms with Crippen molar-refractivity contribution in [3.05, 3.63) is 88.2 Å². The van der Waals surface area contributed by atoms with Crippen molar-refractivity contribution in [2.24, 2.45) is 0 Å². The summed E-state index contributed by atoms with van der Waals surface area (Å²) >= 11 is 5.94. The molecule has 2 aromatic heterocycles. The highest BCUT2D eigenvalue weighted by Crippen LogP contribution is 2.15. The largest absolute Gasteiger partial charge is 0.294 e. The minimum atomic E-state index is -0.0761. The minimum Gasteiger partial charge on any atom is -0.294 e. The Morgan fingerprint density at radius 3 is 2.67 bits per heavy atom. The molecule has 0 unspecified atom stereocenters. The third-order valence-corrected chi connectivity index (χ3v) is 4.08. The van der Waals surface area contributed by atoms with E-state index in [1.807, 2.05) is 36.5 Å². The number of hydrogen-bond acceptors (Lipinski definition) is 3. The molecule has 2 aromatic carbocycles. The van der Waals surface area contributed by atoms with Gasteiger partial charge in [-0.1, -0.05) is 23.7 Å². The molecule has 0 spiro atoms. The molecule has 0 N–H and O–H groups in total. The zero-order chi connectivity index (χ0) is 16.5. The van der Waals surface area contributed by atoms with Crippen LogP contribution < -0.4 is 5.56 Å². The maximum Gasteiger partial charge on any atom is 0.261 e. The molecule has 0 aliphatic rings. The van der Waals surface area contributed by atoms with Crippen LogP contribution in [0, 0.1) is 0 Å². The minimum absolute atomic E-state index is 0.0761. The van der Waals surface area contributed by atoms with Gasteiger partial charge in [0, 0.05) is 17.4 Å². The Labute approximate surface area is 142 Å². The lowest BCUT2D eigenvalue weighted by molar-refractivity contribution is 0.747. The summed E-state index contributed by atoms with van der Waals surface area (Å²) in [6, 6.07) is 14.9. The van der Waals surface area contributed by atoms with E-state index in [9.17, 15) is 4.79 Å². The number of halogens is 1. The van der Waals surface area contributed by atoms with Crippen LogP contribution in [-0.2, 0) is 6.54 Å². The van der Waals surface area contributed by atoms with Gasteiger partial charge in [-0.05, 0) is 42.0 Å². The van der Waals surface area contributed by atoms with Gasteiger partial charge in [0.05, 0.1) is 29.5 Å². The molecule has 0 bridgehead atoms. The van der Waals surface area contributed by atoms with Crippen molar-refractivity contribution in [1.82, 2.24) is 19.3 Å². The predicted molar refractivity (Wildman–Crippen MR) is 93.7 cm³/mol. The highest BCUT2D eigenvalue weighted by Gasteiger charge is 2.06. The SMILES string of the molecule is O=c1c2ccc(Cl)cc2ncn1Cc1ccc(-n2cccn2)cc1. The summed E-state index contributed by atoms with van der Waals surface area (Å²) < 4.78 is 3.39. The summed E-state index contributed by atoms with van der Waals surface area (Å²) in [5.41, 5.74) is 2.52. The molecule has 4 aromatic rings. The van der Waals surface area contributed by atoms with Crippen molar-refractivity contribution in [2.45, 2.75) is 6.54 Å². The lowest BCUT2D eigenvalue weighted by Gasteiger charge is -2.08. The molecule has 2 heterocycles. The van der Waals surface area contributed by atoms with Crippen LogP contribution in [0.3, 0.4) is 0 Å². The summed E-state index contributed by atoms with van der Waals surface area (Å²) in [6.07, 6.45) is 5.18. The van der Waals surface area contributed by atoms with Gasteiger partial charge in [0.25, 0.3) is 5.56 Å². The second kappa shape index (κ2) is 5.94. The van der Waals surface area contributed by atoms with Gasteiger partial charge in [-0.2, -0.15) is 5.10 Å². The van der Waals surface area contributed by atoms with Crippen molar-refractivity contribution >= 4 is 22.5 Å². The zero-order valence-electron chi connectivity index (χ0n) is 12.6. The van der Waals surface area contributed by atoms with Gasteiger partial charge in [0.2, 0.25) is 0 Å². The smallest absolute Gasteiger partial charge is 0.261 e. The maximum atomic E-state index is 12.6. The van der Waals surface area contributed by atoms with Crippen LogP contribution in [0.1, 0.15) is 5.56 Å². The van der Waals surface area contributed by atoms with E-state index in [4.69, 9.17) is 11.6 Å². The van der Waals surface area contributed by atoms with Crippen LogP contribution in [0.15, 0.2) is 72.0 Å². The Kier molecular flexibility index (Phi) is 3.63. The van der Waals surface area contributed by atoms with Crippen LogP contribution in [0.4, 0.5) is 0 Å². The second-order valence-corrected chi connectivity index (χ2v) is 5.89. The fourth-order valence-corrected chi connectivity index (χ4v) is 2.78. The molecule has 0 atom stereocenters. The summed E-state index contributed by atoms with van der Waals surface area (Å²) in [5.74, 6) is 0. The van der Waals surface area contributed by atoms with Gasteiger partial charge in [-0.25, -0.2) is 9.67 Å². The van der Waals surface area contributed by atoms with Gasteiger partial charge < -0.3 is 0 Å². The number of fused-ring (bicyclic) bond motifs is 1. The van der Waals surface area contributed by atoms with E-state index in [1.54, 1.807) is 40.0 Å². The molecule has 0 aliphatic carbocycles. The normalized spacial score (nSPS) is 11.0. The van der Waals surface area contributed by atoms with E-state index in [0.29, 0.717) is 22.5 Å². The number of rotatable bonds is 3. The Bertz CT molecular complexity index is 1050. The quantitative estimate of drug-likeness (QED) is 0.577. The summed E-state index contributed by atoms with van der Waals surface area (Å²) in [6.45, 7) is 0.462. The first-order chi connectivity index (χ1) is 11.7. The monoisotopic (exact) mass is 336 g/mol. The number of aromatic nitrogens is 4. The van der Waals surface area contributed by atoms with Gasteiger partial charge >= 0.3 is 0 Å². The van der Waals surface area contributed by atoms with E-state index < -0.39 is 0 Å². The molecular weight excluding hydrogens is 324 g/mol. The van der Waals surface area contributed by atoms with Crippen molar-refractivity contribution in [3.63, 3.8) is 0 Å². The van der Waals surface area contributed by atoms with Crippen LogP contribution in [-0.4, -0.2) is 19.3 Å². The van der Waals surface area contributed by atoms with E-state index >= 15 is 0 Å². The lowest BCUT2D eigenvalue weighted by atomic mass is 10.2. The van der Waals surface area contributed by atoms with Gasteiger partial charge in [-0.3, -0.25) is 9.36 Å². The molecule has 0 saturated heterocycles. The molecule has 5 nitrogen and oxygen atoms in total. The molecule has 4 rings (SSSR count). The third kappa shape index (κ3) is 2.70. The van der Waals surface area contributed by atoms with Crippen molar-refractivity contribution in [3.8, 4) is 5.69 Å². The molecule has 6 heteroatoms. The summed E-state index contributed by atoms with van der Waals surface area (Å²) in [5, 5.41) is 5.33. The van der Waals surface area contributed by atoms with Gasteiger partial charge in [0.15, 0.2) is 0 Å². The van der Waals surface area contributed by atoms with Gasteiger partial charge in [-0.15, -0.1) is 0 Å². The molecule has 0 saturated carbocycles. The lowest BCUT2D eigenvalue weighted by Crippen LogP contribution is -2.21. The zero-order valence-corrected chi connectivity index (χ0v) is 13.4. The maximum absolute atomic E-state index is 12.6. The molecular formula is C18H13ClN4O. The van der Waals surface area contributed by atoms with E-state index in [1.165, 1.54) is 0 Å². The number of nitrogens with zero attached hydrogens (tertiary/aromatic N) is 4. The van der Waals surface area contributed by atoms with Crippen LogP contribution in [0.25, 0.3) is 16.6 Å². The summed E-state index contributed by atoms with van der Waals surface area (Å²) in [4.78, 5) is 16.9. The average Bonchev–Trinajstić information content (AvgIpc) is 3.12. The van der Waals surface area contributed by atoms with Gasteiger partial charge in [0.1, 0.15) is 0 Å². The summed E-state index contributed by atoms with van der Waals surface area (Å²) in [7, 11) is 0. The first-order valence-corrected chi connectivity index (χ1v) is 7.82. The first kappa shape index (κ1) is 14.7. The van der Waals surface area contributed by atoms with Crippen LogP contribution in [0.5, 0.6) is 0 Å². The second-order valence-electron chi connectivity index (χ2n) is 5.46. The highest BCUT2D eigenvalue weighted by molar-refractivity contribution is 6.31. The van der Waals surface area contributed by atoms with Crippen molar-refractivity contribution < 1.29 is 0 Å². The Morgan fingerprint density at radius 2 is 1.92 bits per heavy atom. The van der Waals surface area contributed by atoms with Crippen molar-refractivity contribution in [2.75, 3.05) is 0 Å². The fraction of sp³-hybridized carbons (Fsp3) is 0.0556. The molecule has 118 valence electrons. The predicted octanol–water partition coefficient (Wildman–Crippen LogP) is 3.28. The number of benzene rings is 2. The highest BCUT2D eigenvalue weighted by atomic mass is 35.5. The number of hydrogen-bond donors (Lipinski definition) is 0. The third-order valence-electron chi connectivity index (χ3n) is 3.85. The standard InChI is InChI=1S/C18H13ClN4O/c19-14-4-7-16-17(10-14)20-12-22(18(16)24)11-13-2-5-15(6-3-13)23-9-1-8-21-23/h1-10,12H,11H2. The molecule has 24 heavy (non-hydrogen) atoms. The first-order valence-electron chi connectivity index (χ1n) is 7.44. The molecule has 0 fully saturated rings. The molecule has 0 amide bonds. The molecule has 0 radical (unpaired) electrons. The topological polar surface area (TPSA) is 52.7 Å².